The maximum Gasteiger partial charge on any atom is 0.303 e. The van der Waals surface area contributed by atoms with Crippen LogP contribution >= 0.6 is 11.6 Å². The van der Waals surface area contributed by atoms with Crippen LogP contribution in [0.4, 0.5) is 10.2 Å². The summed E-state index contributed by atoms with van der Waals surface area (Å²) in [5.41, 5.74) is 0.516. The van der Waals surface area contributed by atoms with E-state index in [-0.39, 0.29) is 17.6 Å². The Morgan fingerprint density at radius 1 is 1.38 bits per heavy atom. The third-order valence-electron chi connectivity index (χ3n) is 3.35. The van der Waals surface area contributed by atoms with Gasteiger partial charge in [0.25, 0.3) is 0 Å². The van der Waals surface area contributed by atoms with Gasteiger partial charge in [-0.1, -0.05) is 11.6 Å². The topological polar surface area (TPSA) is 99.6 Å². The molecule has 0 saturated carbocycles. The van der Waals surface area contributed by atoms with Crippen LogP contribution in [0.3, 0.4) is 0 Å². The summed E-state index contributed by atoms with van der Waals surface area (Å²) in [5, 5.41) is 2.97. The van der Waals surface area contributed by atoms with Crippen molar-refractivity contribution in [2.75, 3.05) is 11.9 Å². The Bertz CT molecular complexity index is 632. The minimum absolute atomic E-state index is 0.217. The lowest BCUT2D eigenvalue weighted by atomic mass is 10.1. The van der Waals surface area contributed by atoms with Gasteiger partial charge in [-0.2, -0.15) is 0 Å². The van der Waals surface area contributed by atoms with E-state index in [9.17, 15) is 14.0 Å². The molecular weight excluding hydrogens is 345 g/mol. The van der Waals surface area contributed by atoms with Crippen LogP contribution in [0.2, 0.25) is 5.15 Å². The van der Waals surface area contributed by atoms with Crippen molar-refractivity contribution in [3.63, 3.8) is 0 Å². The van der Waals surface area contributed by atoms with Crippen LogP contribution < -0.4 is 5.32 Å². The third kappa shape index (κ3) is 4.30. The van der Waals surface area contributed by atoms with Crippen molar-refractivity contribution in [3.05, 3.63) is 17.0 Å². The number of carbonyl (C=O) groups excluding carboxylic acids is 2. The Labute approximate surface area is 142 Å². The molecule has 0 unspecified atom stereocenters. The summed E-state index contributed by atoms with van der Waals surface area (Å²) in [7, 11) is 0. The number of nitrogens with zero attached hydrogens (tertiary/aromatic N) is 2. The molecule has 2 rings (SSSR count). The molecule has 132 valence electrons. The van der Waals surface area contributed by atoms with Crippen LogP contribution in [0, 0.1) is 6.92 Å². The van der Waals surface area contributed by atoms with E-state index in [0.29, 0.717) is 5.56 Å². The van der Waals surface area contributed by atoms with Crippen molar-refractivity contribution >= 4 is 29.4 Å². The number of hydrogen-bond acceptors (Lipinski definition) is 8. The second-order valence-electron chi connectivity index (χ2n) is 5.20. The molecule has 1 N–H and O–H groups in total. The lowest BCUT2D eigenvalue weighted by Crippen LogP contribution is -2.37. The maximum atomic E-state index is 14.6. The molecule has 0 radical (unpaired) electrons. The molecule has 24 heavy (non-hydrogen) atoms. The minimum Gasteiger partial charge on any atom is -0.463 e. The normalized spacial score (nSPS) is 26.0. The quantitative estimate of drug-likeness (QED) is 0.620. The Morgan fingerprint density at radius 3 is 2.71 bits per heavy atom. The zero-order valence-electron chi connectivity index (χ0n) is 13.3. The first-order chi connectivity index (χ1) is 11.3. The minimum atomic E-state index is -1.69. The number of aromatic nitrogens is 2. The molecule has 1 aromatic rings. The van der Waals surface area contributed by atoms with Crippen molar-refractivity contribution in [3.8, 4) is 0 Å². The van der Waals surface area contributed by atoms with E-state index in [4.69, 9.17) is 25.8 Å². The zero-order valence-corrected chi connectivity index (χ0v) is 14.0. The molecular formula is C14H17ClFN3O5. The number of anilines is 1. The van der Waals surface area contributed by atoms with Gasteiger partial charge in [-0.15, -0.1) is 0 Å². The van der Waals surface area contributed by atoms with Gasteiger partial charge in [-0.3, -0.25) is 9.59 Å². The molecule has 10 heteroatoms. The highest BCUT2D eigenvalue weighted by atomic mass is 35.5. The second-order valence-corrected chi connectivity index (χ2v) is 5.56. The Kier molecular flexibility index (Phi) is 5.89. The molecule has 0 aliphatic carbocycles. The van der Waals surface area contributed by atoms with Crippen molar-refractivity contribution in [2.45, 2.75) is 45.4 Å². The van der Waals surface area contributed by atoms with E-state index in [1.165, 1.54) is 13.3 Å². The molecule has 0 bridgehead atoms. The fourth-order valence-corrected chi connectivity index (χ4v) is 2.34. The fourth-order valence-electron chi connectivity index (χ4n) is 2.21. The molecule has 1 aliphatic heterocycles. The average molecular weight is 362 g/mol. The van der Waals surface area contributed by atoms with Crippen molar-refractivity contribution < 1.29 is 28.2 Å². The summed E-state index contributed by atoms with van der Waals surface area (Å²) in [5.74, 6) is -0.927. The number of rotatable bonds is 5. The summed E-state index contributed by atoms with van der Waals surface area (Å²) in [6, 6.07) is 0. The molecule has 1 saturated heterocycles. The summed E-state index contributed by atoms with van der Waals surface area (Å²) < 4.78 is 29.9. The molecule has 8 nitrogen and oxygen atoms in total. The van der Waals surface area contributed by atoms with Crippen LogP contribution in [0.5, 0.6) is 0 Å². The van der Waals surface area contributed by atoms with E-state index in [1.54, 1.807) is 6.92 Å². The predicted octanol–water partition coefficient (Wildman–Crippen LogP) is 1.41. The van der Waals surface area contributed by atoms with Gasteiger partial charge in [0.2, 0.25) is 0 Å². The third-order valence-corrected chi connectivity index (χ3v) is 3.73. The van der Waals surface area contributed by atoms with Gasteiger partial charge >= 0.3 is 11.9 Å². The van der Waals surface area contributed by atoms with E-state index >= 15 is 0 Å². The lowest BCUT2D eigenvalue weighted by molar-refractivity contribution is -0.156. The van der Waals surface area contributed by atoms with Crippen LogP contribution in [0.25, 0.3) is 0 Å². The monoisotopic (exact) mass is 361 g/mol. The first-order valence-electron chi connectivity index (χ1n) is 7.13. The van der Waals surface area contributed by atoms with Gasteiger partial charge < -0.3 is 19.5 Å². The first-order valence-corrected chi connectivity index (χ1v) is 7.51. The van der Waals surface area contributed by atoms with Gasteiger partial charge in [0.1, 0.15) is 30.0 Å². The van der Waals surface area contributed by atoms with Crippen LogP contribution in [0.15, 0.2) is 6.33 Å². The molecule has 0 amide bonds. The molecule has 0 aromatic carbocycles. The standard InChI is InChI=1S/C14H17ClFN3O5/c1-6-12(15)17-5-18-13(6)19-14-10(16)11(23-8(3)21)9(24-14)4-22-7(2)20/h5,9-11,14H,4H2,1-3H3,(H,17,18,19)/t9-,10-,11-,14-/m1/s1. The smallest absolute Gasteiger partial charge is 0.303 e. The SMILES string of the molecule is CC(=O)OC[C@H]1O[C@@H](Nc2ncnc(Cl)c2C)[C@H](F)[C@@H]1OC(C)=O. The van der Waals surface area contributed by atoms with Crippen molar-refractivity contribution in [1.82, 2.24) is 9.97 Å². The molecule has 1 fully saturated rings. The number of carbonyl (C=O) groups is 2. The fraction of sp³-hybridized carbons (Fsp3) is 0.571. The van der Waals surface area contributed by atoms with Gasteiger partial charge in [0.05, 0.1) is 0 Å². The zero-order chi connectivity index (χ0) is 17.9. The van der Waals surface area contributed by atoms with Crippen LogP contribution in [0.1, 0.15) is 19.4 Å². The largest absolute Gasteiger partial charge is 0.463 e. The van der Waals surface area contributed by atoms with Crippen LogP contribution in [-0.4, -0.2) is 53.1 Å². The van der Waals surface area contributed by atoms with Crippen molar-refractivity contribution in [1.29, 1.82) is 0 Å². The number of hydrogen-bond donors (Lipinski definition) is 1. The second kappa shape index (κ2) is 7.71. The van der Waals surface area contributed by atoms with E-state index in [2.05, 4.69) is 15.3 Å². The molecule has 1 aromatic heterocycles. The number of ether oxygens (including phenoxy) is 3. The number of halogens is 2. The number of nitrogens with one attached hydrogen (secondary N) is 1. The number of alkyl halides is 1. The summed E-state index contributed by atoms with van der Waals surface area (Å²) >= 11 is 5.89. The Balaban J connectivity index is 2.14. The van der Waals surface area contributed by atoms with Gasteiger partial charge in [-0.25, -0.2) is 14.4 Å². The van der Waals surface area contributed by atoms with E-state index in [1.807, 2.05) is 0 Å². The highest BCUT2D eigenvalue weighted by Gasteiger charge is 2.48. The summed E-state index contributed by atoms with van der Waals surface area (Å²) in [6.07, 6.45) is -3.78. The van der Waals surface area contributed by atoms with E-state index < -0.39 is 36.5 Å². The van der Waals surface area contributed by atoms with Gasteiger partial charge in [0.15, 0.2) is 18.5 Å². The average Bonchev–Trinajstić information content (AvgIpc) is 2.78. The van der Waals surface area contributed by atoms with Gasteiger partial charge in [0, 0.05) is 19.4 Å². The molecule has 2 heterocycles. The highest BCUT2D eigenvalue weighted by Crippen LogP contribution is 2.29. The molecule has 4 atom stereocenters. The van der Waals surface area contributed by atoms with Crippen LogP contribution in [-0.2, 0) is 23.8 Å². The first kappa shape index (κ1) is 18.3. The lowest BCUT2D eigenvalue weighted by Gasteiger charge is -2.18. The number of esters is 2. The Morgan fingerprint density at radius 2 is 2.08 bits per heavy atom. The van der Waals surface area contributed by atoms with E-state index in [0.717, 1.165) is 6.92 Å². The van der Waals surface area contributed by atoms with Gasteiger partial charge in [-0.05, 0) is 6.92 Å². The molecule has 1 aliphatic rings. The summed E-state index contributed by atoms with van der Waals surface area (Å²) in [4.78, 5) is 29.9. The summed E-state index contributed by atoms with van der Waals surface area (Å²) in [6.45, 7) is 3.79. The molecule has 0 spiro atoms. The van der Waals surface area contributed by atoms with Crippen molar-refractivity contribution in [2.24, 2.45) is 0 Å². The highest BCUT2D eigenvalue weighted by molar-refractivity contribution is 6.30. The predicted molar refractivity (Wildman–Crippen MR) is 81.1 cm³/mol. The maximum absolute atomic E-state index is 14.6. The Hall–Kier alpha value is -2.00.